The number of ether oxygens (including phenoxy) is 3. The van der Waals surface area contributed by atoms with Gasteiger partial charge in [0.1, 0.15) is 17.2 Å². The van der Waals surface area contributed by atoms with Gasteiger partial charge in [0.25, 0.3) is 5.91 Å². The largest absolute Gasteiger partial charge is 0.495 e. The Morgan fingerprint density at radius 2 is 1.34 bits per heavy atom. The fourth-order valence-electron chi connectivity index (χ4n) is 2.75. The number of carbonyl (C=O) groups is 1. The van der Waals surface area contributed by atoms with Gasteiger partial charge in [0.2, 0.25) is 0 Å². The first kappa shape index (κ1) is 20.3. The highest BCUT2D eigenvalue weighted by atomic mass is 16.5. The molecular weight excluding hydrogens is 366 g/mol. The summed E-state index contributed by atoms with van der Waals surface area (Å²) < 4.78 is 16.7. The van der Waals surface area contributed by atoms with E-state index in [9.17, 15) is 4.79 Å². The second-order valence-corrected chi connectivity index (χ2v) is 6.40. The molecule has 0 aliphatic rings. The highest BCUT2D eigenvalue weighted by Gasteiger charge is 2.09. The molecule has 5 nitrogen and oxygen atoms in total. The van der Waals surface area contributed by atoms with E-state index in [1.807, 2.05) is 42.5 Å². The van der Waals surface area contributed by atoms with Gasteiger partial charge < -0.3 is 19.5 Å². The molecule has 0 heterocycles. The molecule has 150 valence electrons. The second kappa shape index (κ2) is 10.8. The first-order valence-electron chi connectivity index (χ1n) is 9.61. The summed E-state index contributed by atoms with van der Waals surface area (Å²) in [7, 11) is 1.57. The van der Waals surface area contributed by atoms with Crippen molar-refractivity contribution in [2.75, 3.05) is 25.6 Å². The molecule has 0 bridgehead atoms. The topological polar surface area (TPSA) is 56.8 Å². The number of anilines is 1. The van der Waals surface area contributed by atoms with Crippen molar-refractivity contribution in [3.05, 3.63) is 84.4 Å². The Kier molecular flexibility index (Phi) is 7.52. The summed E-state index contributed by atoms with van der Waals surface area (Å²) >= 11 is 0. The normalized spacial score (nSPS) is 10.2. The van der Waals surface area contributed by atoms with Gasteiger partial charge in [-0.1, -0.05) is 30.3 Å². The number of rotatable bonds is 10. The molecule has 0 saturated carbocycles. The molecule has 0 aromatic heterocycles. The lowest BCUT2D eigenvalue weighted by Crippen LogP contribution is -2.12. The van der Waals surface area contributed by atoms with Crippen molar-refractivity contribution in [3.8, 4) is 17.2 Å². The van der Waals surface area contributed by atoms with Crippen LogP contribution in [-0.4, -0.2) is 26.2 Å². The minimum absolute atomic E-state index is 0.195. The van der Waals surface area contributed by atoms with Crippen LogP contribution in [0, 0.1) is 0 Å². The van der Waals surface area contributed by atoms with Crippen molar-refractivity contribution in [1.82, 2.24) is 0 Å². The van der Waals surface area contributed by atoms with Gasteiger partial charge in [0, 0.05) is 5.56 Å². The lowest BCUT2D eigenvalue weighted by Gasteiger charge is -2.10. The molecule has 1 N–H and O–H groups in total. The predicted molar refractivity (Wildman–Crippen MR) is 114 cm³/mol. The number of unbranched alkanes of at least 4 members (excludes halogenated alkanes) is 1. The maximum absolute atomic E-state index is 12.4. The highest BCUT2D eigenvalue weighted by molar-refractivity contribution is 6.05. The number of amides is 1. The van der Waals surface area contributed by atoms with Crippen LogP contribution in [-0.2, 0) is 0 Å². The molecule has 0 saturated heterocycles. The zero-order valence-electron chi connectivity index (χ0n) is 16.5. The lowest BCUT2D eigenvalue weighted by molar-refractivity contribution is 0.102. The Bertz CT molecular complexity index is 894. The highest BCUT2D eigenvalue weighted by Crippen LogP contribution is 2.24. The average Bonchev–Trinajstić information content (AvgIpc) is 2.77. The first-order chi connectivity index (χ1) is 14.3. The molecule has 0 aliphatic heterocycles. The third kappa shape index (κ3) is 6.28. The number of methoxy groups -OCH3 is 1. The number of nitrogens with one attached hydrogen (secondary N) is 1. The SMILES string of the molecule is COc1ccccc1NC(=O)c1ccc(OCCCCOc2ccccc2)cc1. The predicted octanol–water partition coefficient (Wildman–Crippen LogP) is 5.19. The van der Waals surface area contributed by atoms with Gasteiger partial charge >= 0.3 is 0 Å². The zero-order chi connectivity index (χ0) is 20.3. The fraction of sp³-hybridized carbons (Fsp3) is 0.208. The zero-order valence-corrected chi connectivity index (χ0v) is 16.5. The van der Waals surface area contributed by atoms with Crippen LogP contribution in [0.15, 0.2) is 78.9 Å². The van der Waals surface area contributed by atoms with Crippen molar-refractivity contribution in [2.45, 2.75) is 12.8 Å². The number of carbonyl (C=O) groups excluding carboxylic acids is 1. The van der Waals surface area contributed by atoms with Gasteiger partial charge in [-0.05, 0) is 61.4 Å². The Morgan fingerprint density at radius 3 is 2.00 bits per heavy atom. The molecule has 0 unspecified atom stereocenters. The Morgan fingerprint density at radius 1 is 0.759 bits per heavy atom. The molecule has 0 atom stereocenters. The van der Waals surface area contributed by atoms with Gasteiger partial charge in [-0.3, -0.25) is 4.79 Å². The van der Waals surface area contributed by atoms with E-state index in [2.05, 4.69) is 5.32 Å². The van der Waals surface area contributed by atoms with Crippen molar-refractivity contribution in [1.29, 1.82) is 0 Å². The van der Waals surface area contributed by atoms with Crippen LogP contribution in [0.2, 0.25) is 0 Å². The summed E-state index contributed by atoms with van der Waals surface area (Å²) in [5.74, 6) is 2.05. The van der Waals surface area contributed by atoms with Crippen molar-refractivity contribution in [2.24, 2.45) is 0 Å². The van der Waals surface area contributed by atoms with Crippen LogP contribution in [0.1, 0.15) is 23.2 Å². The van der Waals surface area contributed by atoms with E-state index in [1.165, 1.54) is 0 Å². The molecule has 3 aromatic carbocycles. The average molecular weight is 391 g/mol. The quantitative estimate of drug-likeness (QED) is 0.484. The molecule has 29 heavy (non-hydrogen) atoms. The maximum Gasteiger partial charge on any atom is 0.255 e. The number of para-hydroxylation sites is 3. The smallest absolute Gasteiger partial charge is 0.255 e. The van der Waals surface area contributed by atoms with E-state index in [0.29, 0.717) is 30.2 Å². The molecule has 0 fully saturated rings. The third-order valence-corrected chi connectivity index (χ3v) is 4.29. The van der Waals surface area contributed by atoms with Crippen molar-refractivity contribution >= 4 is 11.6 Å². The molecule has 0 radical (unpaired) electrons. The standard InChI is InChI=1S/C24H25NO4/c1-27-23-12-6-5-11-22(23)25-24(26)19-13-15-21(16-14-19)29-18-8-7-17-28-20-9-3-2-4-10-20/h2-6,9-16H,7-8,17-18H2,1H3,(H,25,26). The fourth-order valence-corrected chi connectivity index (χ4v) is 2.75. The van der Waals surface area contributed by atoms with E-state index < -0.39 is 0 Å². The summed E-state index contributed by atoms with van der Waals surface area (Å²) in [5.41, 5.74) is 1.19. The Labute approximate surface area is 171 Å². The van der Waals surface area contributed by atoms with Crippen LogP contribution in [0.4, 0.5) is 5.69 Å². The van der Waals surface area contributed by atoms with E-state index in [-0.39, 0.29) is 5.91 Å². The Hall–Kier alpha value is -3.47. The third-order valence-electron chi connectivity index (χ3n) is 4.29. The summed E-state index contributed by atoms with van der Waals surface area (Å²) in [5, 5.41) is 2.86. The number of hydrogen-bond donors (Lipinski definition) is 1. The second-order valence-electron chi connectivity index (χ2n) is 6.40. The van der Waals surface area contributed by atoms with E-state index in [4.69, 9.17) is 14.2 Å². The van der Waals surface area contributed by atoms with Gasteiger partial charge in [0.05, 0.1) is 26.0 Å². The van der Waals surface area contributed by atoms with E-state index >= 15 is 0 Å². The molecule has 1 amide bonds. The Balaban J connectivity index is 1.40. The molecule has 3 aromatic rings. The number of hydrogen-bond acceptors (Lipinski definition) is 4. The van der Waals surface area contributed by atoms with Gasteiger partial charge in [0.15, 0.2) is 0 Å². The van der Waals surface area contributed by atoms with Crippen LogP contribution < -0.4 is 19.5 Å². The van der Waals surface area contributed by atoms with E-state index in [1.54, 1.807) is 43.5 Å². The molecule has 0 spiro atoms. The van der Waals surface area contributed by atoms with Crippen LogP contribution >= 0.6 is 0 Å². The summed E-state index contributed by atoms with van der Waals surface area (Å²) in [6, 6.07) is 24.2. The minimum atomic E-state index is -0.195. The molecule has 3 rings (SSSR count). The van der Waals surface area contributed by atoms with Crippen molar-refractivity contribution < 1.29 is 19.0 Å². The number of benzene rings is 3. The minimum Gasteiger partial charge on any atom is -0.495 e. The summed E-state index contributed by atoms with van der Waals surface area (Å²) in [6.45, 7) is 1.26. The van der Waals surface area contributed by atoms with Crippen LogP contribution in [0.25, 0.3) is 0 Å². The maximum atomic E-state index is 12.4. The first-order valence-corrected chi connectivity index (χ1v) is 9.61. The molecule has 0 aliphatic carbocycles. The molecular formula is C24H25NO4. The van der Waals surface area contributed by atoms with Gasteiger partial charge in [-0.15, -0.1) is 0 Å². The summed E-state index contributed by atoms with van der Waals surface area (Å²) in [4.78, 5) is 12.4. The lowest BCUT2D eigenvalue weighted by atomic mass is 10.2. The van der Waals surface area contributed by atoms with Gasteiger partial charge in [-0.2, -0.15) is 0 Å². The van der Waals surface area contributed by atoms with Gasteiger partial charge in [-0.25, -0.2) is 0 Å². The van der Waals surface area contributed by atoms with Crippen molar-refractivity contribution in [3.63, 3.8) is 0 Å². The monoisotopic (exact) mass is 391 g/mol. The van der Waals surface area contributed by atoms with E-state index in [0.717, 1.165) is 24.3 Å². The molecule has 5 heteroatoms. The van der Waals surface area contributed by atoms with Crippen LogP contribution in [0.5, 0.6) is 17.2 Å². The summed E-state index contributed by atoms with van der Waals surface area (Å²) in [6.07, 6.45) is 1.80. The van der Waals surface area contributed by atoms with Crippen LogP contribution in [0.3, 0.4) is 0 Å².